The molecule has 0 aromatic heterocycles. The van der Waals surface area contributed by atoms with Crippen molar-refractivity contribution < 1.29 is 10.2 Å². The molecule has 0 spiro atoms. The smallest absolute Gasteiger partial charge is 0.852 e. The van der Waals surface area contributed by atoms with Crippen molar-refractivity contribution in [2.45, 2.75) is 60.2 Å². The van der Waals surface area contributed by atoms with E-state index in [2.05, 4.69) is 0 Å². The first kappa shape index (κ1) is 17.1. The molecule has 0 aliphatic heterocycles. The van der Waals surface area contributed by atoms with Crippen LogP contribution < -0.4 is 10.2 Å². The van der Waals surface area contributed by atoms with Crippen LogP contribution in [0.4, 0.5) is 0 Å². The van der Waals surface area contributed by atoms with Gasteiger partial charge in [-0.1, -0.05) is 58.8 Å². The molecule has 0 radical (unpaired) electrons. The number of rotatable bonds is 2. The average Bonchev–Trinajstić information content (AvgIpc) is 1.82. The minimum atomic E-state index is -0.755. The van der Waals surface area contributed by atoms with E-state index in [0.717, 1.165) is 0 Å². The molecule has 0 amide bonds. The monoisotopic (exact) mass is 210 g/mol. The van der Waals surface area contributed by atoms with Crippen LogP contribution in [0, 0.1) is 10.8 Å². The Bertz CT molecular complexity index is 138. The standard InChI is InChI=1S/C11H22O2.Mg/c1-10(2,3)8(12)7-9(13)11(4,5)6;/h8-9H,7H2,1-6H3;/q-2;+2. The Labute approximate surface area is 104 Å². The van der Waals surface area contributed by atoms with Crippen molar-refractivity contribution in [2.75, 3.05) is 0 Å². The molecular formula is C11H22MgO2. The summed E-state index contributed by atoms with van der Waals surface area (Å²) in [6.45, 7) is 11.3. The number of hydrogen-bond donors (Lipinski definition) is 0. The Morgan fingerprint density at radius 1 is 0.786 bits per heavy atom. The summed E-state index contributed by atoms with van der Waals surface area (Å²) in [6.07, 6.45) is -1.28. The molecule has 2 unspecified atom stereocenters. The van der Waals surface area contributed by atoms with E-state index < -0.39 is 12.2 Å². The topological polar surface area (TPSA) is 46.1 Å². The van der Waals surface area contributed by atoms with Gasteiger partial charge in [-0.3, -0.25) is 0 Å². The van der Waals surface area contributed by atoms with Crippen LogP contribution in [0.1, 0.15) is 48.0 Å². The first-order valence-electron chi connectivity index (χ1n) is 4.87. The molecule has 0 saturated carbocycles. The van der Waals surface area contributed by atoms with E-state index in [9.17, 15) is 10.2 Å². The first-order chi connectivity index (χ1) is 5.55. The van der Waals surface area contributed by atoms with Crippen LogP contribution in [0.15, 0.2) is 0 Å². The van der Waals surface area contributed by atoms with E-state index in [-0.39, 0.29) is 40.3 Å². The summed E-state index contributed by atoms with van der Waals surface area (Å²) in [4.78, 5) is 0. The zero-order valence-corrected chi connectivity index (χ0v) is 11.8. The molecule has 0 aromatic rings. The summed E-state index contributed by atoms with van der Waals surface area (Å²) in [7, 11) is 0. The van der Waals surface area contributed by atoms with Gasteiger partial charge in [0.05, 0.1) is 0 Å². The second kappa shape index (κ2) is 5.68. The van der Waals surface area contributed by atoms with Gasteiger partial charge in [-0.2, -0.15) is 0 Å². The molecule has 3 heteroatoms. The van der Waals surface area contributed by atoms with Gasteiger partial charge in [0.25, 0.3) is 0 Å². The molecule has 0 aliphatic carbocycles. The van der Waals surface area contributed by atoms with Crippen molar-refractivity contribution in [1.82, 2.24) is 0 Å². The Morgan fingerprint density at radius 3 is 1.14 bits per heavy atom. The van der Waals surface area contributed by atoms with Gasteiger partial charge in [0.2, 0.25) is 0 Å². The summed E-state index contributed by atoms with van der Waals surface area (Å²) in [5.41, 5.74) is -0.595. The summed E-state index contributed by atoms with van der Waals surface area (Å²) in [6, 6.07) is 0. The fourth-order valence-corrected chi connectivity index (χ4v) is 0.902. The van der Waals surface area contributed by atoms with Crippen molar-refractivity contribution in [1.29, 1.82) is 0 Å². The van der Waals surface area contributed by atoms with Gasteiger partial charge in [0, 0.05) is 0 Å². The van der Waals surface area contributed by atoms with Gasteiger partial charge in [0.15, 0.2) is 0 Å². The van der Waals surface area contributed by atoms with Crippen LogP contribution in [-0.2, 0) is 0 Å². The Kier molecular flexibility index (Phi) is 6.94. The molecule has 0 rings (SSSR count). The van der Waals surface area contributed by atoms with Gasteiger partial charge in [-0.05, 0) is 0 Å². The quantitative estimate of drug-likeness (QED) is 0.625. The summed E-state index contributed by atoms with van der Waals surface area (Å²) < 4.78 is 0. The maximum atomic E-state index is 11.6. The van der Waals surface area contributed by atoms with Crippen molar-refractivity contribution in [3.63, 3.8) is 0 Å². The Balaban J connectivity index is 0. The van der Waals surface area contributed by atoms with Gasteiger partial charge >= 0.3 is 23.1 Å². The largest absolute Gasteiger partial charge is 2.00 e. The molecule has 0 bridgehead atoms. The molecule has 0 aromatic carbocycles. The fraction of sp³-hybridized carbons (Fsp3) is 1.00. The Morgan fingerprint density at radius 2 is 1.00 bits per heavy atom. The Hall–Kier alpha value is 0.686. The van der Waals surface area contributed by atoms with E-state index in [1.54, 1.807) is 0 Å². The third-order valence-corrected chi connectivity index (χ3v) is 2.36. The maximum Gasteiger partial charge on any atom is 2.00 e. The van der Waals surface area contributed by atoms with Crippen LogP contribution >= 0.6 is 0 Å². The van der Waals surface area contributed by atoms with E-state index in [1.807, 2.05) is 41.5 Å². The zero-order chi connectivity index (χ0) is 10.9. The molecule has 2 atom stereocenters. The second-order valence-corrected chi connectivity index (χ2v) is 5.95. The second-order valence-electron chi connectivity index (χ2n) is 5.95. The third-order valence-electron chi connectivity index (χ3n) is 2.36. The van der Waals surface area contributed by atoms with Gasteiger partial charge in [-0.25, -0.2) is 0 Å². The minimum absolute atomic E-state index is 0. The fourth-order valence-electron chi connectivity index (χ4n) is 0.902. The normalized spacial score (nSPS) is 17.1. The van der Waals surface area contributed by atoms with Crippen molar-refractivity contribution in [3.05, 3.63) is 0 Å². The van der Waals surface area contributed by atoms with Crippen LogP contribution in [-0.4, -0.2) is 35.3 Å². The molecule has 80 valence electrons. The van der Waals surface area contributed by atoms with E-state index >= 15 is 0 Å². The predicted octanol–water partition coefficient (Wildman–Crippen LogP) is 0.546. The summed E-state index contributed by atoms with van der Waals surface area (Å²) >= 11 is 0. The maximum absolute atomic E-state index is 11.6. The third kappa shape index (κ3) is 6.22. The summed E-state index contributed by atoms with van der Waals surface area (Å²) in [5, 5.41) is 23.2. The van der Waals surface area contributed by atoms with E-state index in [1.165, 1.54) is 0 Å². The van der Waals surface area contributed by atoms with Crippen LogP contribution in [0.3, 0.4) is 0 Å². The SMILES string of the molecule is CC(C)(C)C([O-])CC([O-])C(C)(C)C.[Mg+2]. The van der Waals surface area contributed by atoms with Crippen LogP contribution in [0.5, 0.6) is 0 Å². The van der Waals surface area contributed by atoms with Crippen LogP contribution in [0.25, 0.3) is 0 Å². The molecule has 0 aliphatic rings. The molecular weight excluding hydrogens is 188 g/mol. The summed E-state index contributed by atoms with van der Waals surface area (Å²) in [5.74, 6) is 0. The molecule has 14 heavy (non-hydrogen) atoms. The minimum Gasteiger partial charge on any atom is -0.852 e. The molecule has 0 saturated heterocycles. The van der Waals surface area contributed by atoms with Gasteiger partial charge in [0.1, 0.15) is 0 Å². The van der Waals surface area contributed by atoms with Crippen molar-refractivity contribution >= 4 is 23.1 Å². The van der Waals surface area contributed by atoms with E-state index in [0.29, 0.717) is 0 Å². The number of hydrogen-bond acceptors (Lipinski definition) is 2. The average molecular weight is 211 g/mol. The molecule has 2 nitrogen and oxygen atoms in total. The molecule has 0 heterocycles. The predicted molar refractivity (Wildman–Crippen MR) is 56.9 cm³/mol. The molecule has 0 fully saturated rings. The molecule has 0 N–H and O–H groups in total. The zero-order valence-electron chi connectivity index (χ0n) is 10.4. The van der Waals surface area contributed by atoms with E-state index in [4.69, 9.17) is 0 Å². The van der Waals surface area contributed by atoms with Crippen molar-refractivity contribution in [2.24, 2.45) is 10.8 Å². The first-order valence-corrected chi connectivity index (χ1v) is 4.87. The van der Waals surface area contributed by atoms with Gasteiger partial charge in [-0.15, -0.1) is 12.2 Å². The van der Waals surface area contributed by atoms with Crippen LogP contribution in [0.2, 0.25) is 0 Å². The van der Waals surface area contributed by atoms with Gasteiger partial charge < -0.3 is 10.2 Å². The van der Waals surface area contributed by atoms with Crippen molar-refractivity contribution in [3.8, 4) is 0 Å².